The molecule has 0 saturated heterocycles. The van der Waals surface area contributed by atoms with Crippen LogP contribution >= 0.6 is 0 Å². The molecule has 0 heterocycles. The summed E-state index contributed by atoms with van der Waals surface area (Å²) in [6.45, 7) is 14.0. The second-order valence-corrected chi connectivity index (χ2v) is 17.0. The lowest BCUT2D eigenvalue weighted by molar-refractivity contribution is -0.145. The molecule has 4 aromatic rings. The summed E-state index contributed by atoms with van der Waals surface area (Å²) >= 11 is 0. The van der Waals surface area contributed by atoms with E-state index in [2.05, 4.69) is 21.3 Å². The van der Waals surface area contributed by atoms with Crippen LogP contribution in [0.1, 0.15) is 89.5 Å². The number of carbonyl (C=O) groups excluding carboxylic acids is 5. The van der Waals surface area contributed by atoms with Crippen molar-refractivity contribution in [3.63, 3.8) is 0 Å². The second-order valence-electron chi connectivity index (χ2n) is 17.0. The van der Waals surface area contributed by atoms with Crippen molar-refractivity contribution >= 4 is 35.9 Å². The molecule has 0 aliphatic heterocycles. The number of rotatable bonds is 16. The van der Waals surface area contributed by atoms with E-state index in [0.717, 1.165) is 22.3 Å². The number of ether oxygens (including phenoxy) is 3. The van der Waals surface area contributed by atoms with E-state index in [9.17, 15) is 33.9 Å². The highest BCUT2D eigenvalue weighted by atomic mass is 16.6. The number of nitrogens with one attached hydrogen (secondary N) is 4. The quantitative estimate of drug-likeness (QED) is 0.0573. The van der Waals surface area contributed by atoms with E-state index in [1.54, 1.807) is 72.7 Å². The third-order valence-corrected chi connectivity index (χ3v) is 9.54. The first-order chi connectivity index (χ1) is 29.7. The summed E-state index contributed by atoms with van der Waals surface area (Å²) in [6.07, 6.45) is -1.07. The Morgan fingerprint density at radius 3 is 1.14 bits per heavy atom. The fourth-order valence-electron chi connectivity index (χ4n) is 6.36. The lowest BCUT2D eigenvalue weighted by Crippen LogP contribution is -2.54. The molecule has 6 atom stereocenters. The molecule has 0 bridgehead atoms. The molecule has 0 spiro atoms. The molecule has 338 valence electrons. The number of hydrogen-bond donors (Lipinski definition) is 5. The monoisotopic (exact) mass is 866 g/mol. The summed E-state index contributed by atoms with van der Waals surface area (Å²) < 4.78 is 15.5. The zero-order valence-electron chi connectivity index (χ0n) is 37.5. The van der Waals surface area contributed by atoms with Crippen LogP contribution in [0.2, 0.25) is 0 Å². The fraction of sp³-hybridized carbons (Fsp3) is 0.388. The minimum Gasteiger partial charge on any atom is -0.480 e. The predicted octanol–water partition coefficient (Wildman–Crippen LogP) is 7.08. The van der Waals surface area contributed by atoms with E-state index in [0.29, 0.717) is 0 Å². The van der Waals surface area contributed by atoms with Crippen molar-refractivity contribution in [1.82, 2.24) is 21.3 Å². The summed E-state index contributed by atoms with van der Waals surface area (Å²) in [6, 6.07) is 32.9. The smallest absolute Gasteiger partial charge is 0.408 e. The molecule has 4 amide bonds. The SMILES string of the molecule is COC(=O)[C@@H](Cc1ccccc1)NC(=O)[C@H](NC(=O)OC(C)(C)C)[C@H](C)c1ccccc1.C[C@H](c1ccccc1)[C@@H](NC(=O)OC(C)(C)C)C(=O)N[C@H](Cc1ccccc1)C(=O)O. The van der Waals surface area contributed by atoms with Crippen molar-refractivity contribution in [3.8, 4) is 0 Å². The number of alkyl carbamates (subject to hydrolysis) is 2. The van der Waals surface area contributed by atoms with Gasteiger partial charge in [-0.15, -0.1) is 0 Å². The molecule has 0 fully saturated rings. The van der Waals surface area contributed by atoms with E-state index >= 15 is 0 Å². The van der Waals surface area contributed by atoms with E-state index in [1.165, 1.54) is 7.11 Å². The van der Waals surface area contributed by atoms with Crippen LogP contribution < -0.4 is 21.3 Å². The van der Waals surface area contributed by atoms with Crippen molar-refractivity contribution in [3.05, 3.63) is 144 Å². The summed E-state index contributed by atoms with van der Waals surface area (Å²) in [5.74, 6) is -3.60. The Kier molecular flexibility index (Phi) is 19.4. The van der Waals surface area contributed by atoms with E-state index < -0.39 is 77.2 Å². The average molecular weight is 867 g/mol. The number of carboxylic acid groups (broad SMARTS) is 1. The van der Waals surface area contributed by atoms with Gasteiger partial charge in [0.15, 0.2) is 0 Å². The molecule has 0 aliphatic rings. The number of carbonyl (C=O) groups is 6. The number of aliphatic carboxylic acids is 1. The van der Waals surface area contributed by atoms with E-state index in [1.807, 2.05) is 104 Å². The van der Waals surface area contributed by atoms with Crippen molar-refractivity contribution in [2.75, 3.05) is 7.11 Å². The highest BCUT2D eigenvalue weighted by Gasteiger charge is 2.34. The Hall–Kier alpha value is -6.70. The van der Waals surface area contributed by atoms with Crippen molar-refractivity contribution in [2.24, 2.45) is 0 Å². The highest BCUT2D eigenvalue weighted by Crippen LogP contribution is 2.22. The Morgan fingerprint density at radius 2 is 0.825 bits per heavy atom. The zero-order chi connectivity index (χ0) is 46.7. The van der Waals surface area contributed by atoms with Gasteiger partial charge in [0.2, 0.25) is 11.8 Å². The van der Waals surface area contributed by atoms with Crippen LogP contribution in [0.3, 0.4) is 0 Å². The van der Waals surface area contributed by atoms with Gasteiger partial charge in [0, 0.05) is 24.7 Å². The molecule has 5 N–H and O–H groups in total. The van der Waals surface area contributed by atoms with Crippen LogP contribution in [0.5, 0.6) is 0 Å². The van der Waals surface area contributed by atoms with Gasteiger partial charge in [-0.1, -0.05) is 135 Å². The Labute approximate surface area is 370 Å². The zero-order valence-corrected chi connectivity index (χ0v) is 37.5. The summed E-state index contributed by atoms with van der Waals surface area (Å²) in [5.41, 5.74) is 1.88. The minimum atomic E-state index is -1.15. The Bertz CT molecular complexity index is 2070. The molecule has 0 radical (unpaired) electrons. The van der Waals surface area contributed by atoms with Gasteiger partial charge in [-0.3, -0.25) is 9.59 Å². The van der Waals surface area contributed by atoms with E-state index in [4.69, 9.17) is 14.2 Å². The van der Waals surface area contributed by atoms with Crippen molar-refractivity contribution < 1.29 is 48.1 Å². The fourth-order valence-corrected chi connectivity index (χ4v) is 6.36. The van der Waals surface area contributed by atoms with Gasteiger partial charge < -0.3 is 40.6 Å². The van der Waals surface area contributed by atoms with Gasteiger partial charge in [-0.05, 0) is 63.8 Å². The Morgan fingerprint density at radius 1 is 0.508 bits per heavy atom. The lowest BCUT2D eigenvalue weighted by atomic mass is 9.92. The second kappa shape index (κ2) is 24.1. The molecule has 14 heteroatoms. The van der Waals surface area contributed by atoms with Gasteiger partial charge in [-0.25, -0.2) is 19.2 Å². The molecule has 0 unspecified atom stereocenters. The van der Waals surface area contributed by atoms with Crippen LogP contribution in [0.4, 0.5) is 9.59 Å². The molecular formula is C49H62N4O10. The van der Waals surface area contributed by atoms with Gasteiger partial charge >= 0.3 is 24.1 Å². The third kappa shape index (κ3) is 18.0. The normalized spacial score (nSPS) is 14.0. The maximum absolute atomic E-state index is 13.3. The van der Waals surface area contributed by atoms with Gasteiger partial charge in [0.1, 0.15) is 35.4 Å². The van der Waals surface area contributed by atoms with Crippen molar-refractivity contribution in [1.29, 1.82) is 0 Å². The number of carboxylic acids is 1. The maximum Gasteiger partial charge on any atom is 0.408 e. The first-order valence-electron chi connectivity index (χ1n) is 20.8. The highest BCUT2D eigenvalue weighted by molar-refractivity contribution is 5.91. The average Bonchev–Trinajstić information content (AvgIpc) is 3.23. The third-order valence-electron chi connectivity index (χ3n) is 9.54. The van der Waals surface area contributed by atoms with Gasteiger partial charge in [-0.2, -0.15) is 0 Å². The number of methoxy groups -OCH3 is 1. The topological polar surface area (TPSA) is 198 Å². The standard InChI is InChI=1S/C25H32N2O5.C24H30N2O5/c1-17(19-14-10-7-11-15-19)21(27-24(30)32-25(2,3)4)22(28)26-20(23(29)31-5)16-18-12-8-6-9-13-18;1-16(18-13-9-6-10-14-18)20(26-23(30)31-24(2,3)4)21(27)25-19(22(28)29)15-17-11-7-5-8-12-17/h6-15,17,20-21H,16H2,1-5H3,(H,26,28)(H,27,30);5-14,16,19-20H,15H2,1-4H3,(H,25,27)(H,26,30)(H,28,29)/t17-,20-,21-;16-,19-,20-/m11/s1. The number of benzene rings is 4. The molecule has 14 nitrogen and oxygen atoms in total. The van der Waals surface area contributed by atoms with Gasteiger partial charge in [0.25, 0.3) is 0 Å². The van der Waals surface area contributed by atoms with Crippen LogP contribution in [0.25, 0.3) is 0 Å². The molecule has 0 saturated carbocycles. The van der Waals surface area contributed by atoms with Crippen LogP contribution in [-0.2, 0) is 46.2 Å². The molecule has 0 aromatic heterocycles. The molecule has 4 aromatic carbocycles. The largest absolute Gasteiger partial charge is 0.480 e. The van der Waals surface area contributed by atoms with Crippen molar-refractivity contribution in [2.45, 2.75) is 115 Å². The summed E-state index contributed by atoms with van der Waals surface area (Å²) in [4.78, 5) is 75.4. The predicted molar refractivity (Wildman–Crippen MR) is 240 cm³/mol. The minimum absolute atomic E-state index is 0.126. The molecular weight excluding hydrogens is 805 g/mol. The molecule has 0 aliphatic carbocycles. The summed E-state index contributed by atoms with van der Waals surface area (Å²) in [5, 5.41) is 20.2. The Balaban J connectivity index is 0.000000335. The first-order valence-corrected chi connectivity index (χ1v) is 20.8. The van der Waals surface area contributed by atoms with Crippen LogP contribution in [0, 0.1) is 0 Å². The first kappa shape index (κ1) is 50.7. The number of esters is 1. The number of amides is 4. The molecule has 4 rings (SSSR count). The summed E-state index contributed by atoms with van der Waals surface area (Å²) in [7, 11) is 1.27. The molecule has 63 heavy (non-hydrogen) atoms. The van der Waals surface area contributed by atoms with Gasteiger partial charge in [0.05, 0.1) is 7.11 Å². The van der Waals surface area contributed by atoms with Crippen LogP contribution in [-0.4, -0.2) is 83.5 Å². The van der Waals surface area contributed by atoms with Crippen LogP contribution in [0.15, 0.2) is 121 Å². The van der Waals surface area contributed by atoms with E-state index in [-0.39, 0.29) is 18.8 Å². The number of hydrogen-bond acceptors (Lipinski definition) is 9. The maximum atomic E-state index is 13.3. The lowest BCUT2D eigenvalue weighted by Gasteiger charge is -2.28.